The van der Waals surface area contributed by atoms with Gasteiger partial charge in [-0.05, 0) is 50.2 Å². The summed E-state index contributed by atoms with van der Waals surface area (Å²) in [5, 5.41) is 0. The van der Waals surface area contributed by atoms with Gasteiger partial charge in [-0.25, -0.2) is 4.79 Å². The molecule has 1 aromatic rings. The molecule has 0 aliphatic heterocycles. The number of ether oxygens (including phenoxy) is 1. The smallest absolute Gasteiger partial charge is 0.342 e. The maximum absolute atomic E-state index is 12.6. The predicted octanol–water partition coefficient (Wildman–Crippen LogP) is 8.24. The quantitative estimate of drug-likeness (QED) is 0.0708. The van der Waals surface area contributed by atoms with Gasteiger partial charge in [-0.1, -0.05) is 102 Å². The lowest BCUT2D eigenvalue weighted by Gasteiger charge is -2.16. The van der Waals surface area contributed by atoms with E-state index in [9.17, 15) is 9.59 Å². The molecule has 0 aliphatic rings. The molecule has 5 heteroatoms. The molecule has 0 N–H and O–H groups in total. The first-order valence-electron chi connectivity index (χ1n) is 14.2. The van der Waals surface area contributed by atoms with E-state index in [1.165, 1.54) is 69.8 Å². The van der Waals surface area contributed by atoms with E-state index < -0.39 is 5.97 Å². The van der Waals surface area contributed by atoms with Gasteiger partial charge in [-0.2, -0.15) is 4.89 Å². The lowest BCUT2D eigenvalue weighted by Crippen LogP contribution is -2.17. The number of carbonyl (C=O) groups is 2. The van der Waals surface area contributed by atoms with Gasteiger partial charge in [0.1, 0.15) is 0 Å². The molecule has 200 valence electrons. The summed E-state index contributed by atoms with van der Waals surface area (Å²) in [5.41, 5.74) is 2.26. The Morgan fingerprint density at radius 2 is 1.34 bits per heavy atom. The van der Waals surface area contributed by atoms with Crippen molar-refractivity contribution in [2.45, 2.75) is 129 Å². The number of hydrogen-bond acceptors (Lipinski definition) is 5. The third kappa shape index (κ3) is 15.7. The Hall–Kier alpha value is -1.88. The topological polar surface area (TPSA) is 61.8 Å². The molecule has 0 heterocycles. The summed E-state index contributed by atoms with van der Waals surface area (Å²) < 4.78 is 5.30. The van der Waals surface area contributed by atoms with Crippen molar-refractivity contribution in [3.63, 3.8) is 0 Å². The van der Waals surface area contributed by atoms with Crippen LogP contribution in [0.5, 0.6) is 0 Å². The molecule has 0 bridgehead atoms. The molecule has 0 saturated carbocycles. The monoisotopic (exact) mass is 490 g/mol. The first-order chi connectivity index (χ1) is 17.1. The third-order valence-corrected chi connectivity index (χ3v) is 6.38. The van der Waals surface area contributed by atoms with Gasteiger partial charge in [-0.3, -0.25) is 9.68 Å². The molecule has 0 amide bonds. The molecule has 35 heavy (non-hydrogen) atoms. The second-order valence-electron chi connectivity index (χ2n) is 9.50. The SMILES string of the molecule is CCCCCCCCCCCCc1ccc(C(CCCC(=O)OOCCCC)C(=O)OCC)cc1. The van der Waals surface area contributed by atoms with Gasteiger partial charge < -0.3 is 4.74 Å². The van der Waals surface area contributed by atoms with Crippen molar-refractivity contribution in [3.05, 3.63) is 35.4 Å². The summed E-state index contributed by atoms with van der Waals surface area (Å²) >= 11 is 0. The van der Waals surface area contributed by atoms with E-state index in [1.807, 2.05) is 26.0 Å². The predicted molar refractivity (Wildman–Crippen MR) is 142 cm³/mol. The summed E-state index contributed by atoms with van der Waals surface area (Å²) in [6.07, 6.45) is 17.6. The van der Waals surface area contributed by atoms with Crippen LogP contribution in [-0.4, -0.2) is 25.2 Å². The highest BCUT2D eigenvalue weighted by Crippen LogP contribution is 2.25. The number of hydrogen-bond donors (Lipinski definition) is 0. The van der Waals surface area contributed by atoms with Crippen LogP contribution >= 0.6 is 0 Å². The molecule has 1 rings (SSSR count). The number of esters is 1. The van der Waals surface area contributed by atoms with Crippen LogP contribution in [-0.2, 0) is 30.5 Å². The lowest BCUT2D eigenvalue weighted by atomic mass is 9.92. The van der Waals surface area contributed by atoms with E-state index in [4.69, 9.17) is 14.5 Å². The molecular weight excluding hydrogens is 440 g/mol. The van der Waals surface area contributed by atoms with Crippen LogP contribution in [0.2, 0.25) is 0 Å². The van der Waals surface area contributed by atoms with Crippen molar-refractivity contribution >= 4 is 11.9 Å². The van der Waals surface area contributed by atoms with Gasteiger partial charge in [0.15, 0.2) is 0 Å². The number of rotatable bonds is 22. The Morgan fingerprint density at radius 3 is 1.94 bits per heavy atom. The lowest BCUT2D eigenvalue weighted by molar-refractivity contribution is -0.272. The summed E-state index contributed by atoms with van der Waals surface area (Å²) in [6, 6.07) is 8.34. The Kier molecular flexibility index (Phi) is 19.1. The molecule has 5 nitrogen and oxygen atoms in total. The van der Waals surface area contributed by atoms with Gasteiger partial charge in [0.2, 0.25) is 0 Å². The summed E-state index contributed by atoms with van der Waals surface area (Å²) in [7, 11) is 0. The number of benzene rings is 1. The van der Waals surface area contributed by atoms with Crippen molar-refractivity contribution in [2.24, 2.45) is 0 Å². The summed E-state index contributed by atoms with van der Waals surface area (Å²) in [4.78, 5) is 34.1. The van der Waals surface area contributed by atoms with Gasteiger partial charge >= 0.3 is 11.9 Å². The van der Waals surface area contributed by atoms with Crippen molar-refractivity contribution < 1.29 is 24.1 Å². The van der Waals surface area contributed by atoms with E-state index in [0.29, 0.717) is 26.1 Å². The van der Waals surface area contributed by atoms with E-state index >= 15 is 0 Å². The summed E-state index contributed by atoms with van der Waals surface area (Å²) in [6.45, 7) is 6.89. The molecule has 0 saturated heterocycles. The van der Waals surface area contributed by atoms with Crippen LogP contribution in [0.4, 0.5) is 0 Å². The van der Waals surface area contributed by atoms with Crippen molar-refractivity contribution in [1.82, 2.24) is 0 Å². The van der Waals surface area contributed by atoms with Gasteiger partial charge in [0, 0.05) is 6.42 Å². The fourth-order valence-electron chi connectivity index (χ4n) is 4.20. The molecule has 0 aliphatic carbocycles. The third-order valence-electron chi connectivity index (χ3n) is 6.38. The Labute approximate surface area is 214 Å². The minimum absolute atomic E-state index is 0.221. The number of carbonyl (C=O) groups excluding carboxylic acids is 2. The second-order valence-corrected chi connectivity index (χ2v) is 9.50. The van der Waals surface area contributed by atoms with Crippen LogP contribution in [0.1, 0.15) is 134 Å². The van der Waals surface area contributed by atoms with Crippen LogP contribution in [0.3, 0.4) is 0 Å². The first kappa shape index (κ1) is 31.2. The normalized spacial score (nSPS) is 11.9. The van der Waals surface area contributed by atoms with E-state index in [1.54, 1.807) is 0 Å². The second kappa shape index (κ2) is 21.4. The molecule has 1 aromatic carbocycles. The van der Waals surface area contributed by atoms with Gasteiger partial charge in [-0.15, -0.1) is 0 Å². The Bertz CT molecular complexity index is 655. The zero-order valence-electron chi connectivity index (χ0n) is 22.7. The van der Waals surface area contributed by atoms with Gasteiger partial charge in [0.05, 0.1) is 19.1 Å². The number of aryl methyl sites for hydroxylation is 1. The van der Waals surface area contributed by atoms with E-state index in [2.05, 4.69) is 19.1 Å². The van der Waals surface area contributed by atoms with Crippen molar-refractivity contribution in [3.8, 4) is 0 Å². The fourth-order valence-corrected chi connectivity index (χ4v) is 4.20. The minimum Gasteiger partial charge on any atom is -0.466 e. The molecule has 1 atom stereocenters. The average Bonchev–Trinajstić information content (AvgIpc) is 2.86. The van der Waals surface area contributed by atoms with Crippen LogP contribution in [0, 0.1) is 0 Å². The Morgan fingerprint density at radius 1 is 0.743 bits per heavy atom. The molecule has 0 fully saturated rings. The molecule has 0 aromatic heterocycles. The molecule has 1 unspecified atom stereocenters. The minimum atomic E-state index is -0.393. The average molecular weight is 491 g/mol. The maximum atomic E-state index is 12.6. The highest BCUT2D eigenvalue weighted by Gasteiger charge is 2.22. The Balaban J connectivity index is 2.37. The van der Waals surface area contributed by atoms with Crippen molar-refractivity contribution in [1.29, 1.82) is 0 Å². The van der Waals surface area contributed by atoms with E-state index in [0.717, 1.165) is 24.8 Å². The molecule has 0 spiro atoms. The fraction of sp³-hybridized carbons (Fsp3) is 0.733. The molecule has 0 radical (unpaired) electrons. The van der Waals surface area contributed by atoms with Crippen LogP contribution in [0.15, 0.2) is 24.3 Å². The number of unbranched alkanes of at least 4 members (excludes halogenated alkanes) is 10. The molecular formula is C30H50O5. The van der Waals surface area contributed by atoms with Gasteiger partial charge in [0.25, 0.3) is 0 Å². The zero-order chi connectivity index (χ0) is 25.6. The van der Waals surface area contributed by atoms with Crippen LogP contribution < -0.4 is 0 Å². The van der Waals surface area contributed by atoms with Crippen molar-refractivity contribution in [2.75, 3.05) is 13.2 Å². The zero-order valence-corrected chi connectivity index (χ0v) is 22.7. The standard InChI is InChI=1S/C30H50O5/c1-4-7-9-10-11-12-13-14-15-16-18-26-21-23-27(24-22-26)28(30(32)33-6-3)19-17-20-29(31)35-34-25-8-5-2/h21-24,28H,4-20,25H2,1-3H3. The highest BCUT2D eigenvalue weighted by atomic mass is 17.2. The summed E-state index contributed by atoms with van der Waals surface area (Å²) in [5.74, 6) is -0.992. The van der Waals surface area contributed by atoms with Crippen LogP contribution in [0.25, 0.3) is 0 Å². The first-order valence-corrected chi connectivity index (χ1v) is 14.2. The van der Waals surface area contributed by atoms with E-state index in [-0.39, 0.29) is 18.3 Å². The maximum Gasteiger partial charge on any atom is 0.342 e. The largest absolute Gasteiger partial charge is 0.466 e. The highest BCUT2D eigenvalue weighted by molar-refractivity contribution is 5.78.